The standard InChI is InChI=1S/C13H14N2O3S/c16-11-7-10(13(18)14-11)15(8-3-4-8)12(17)6-9-2-1-5-19-9/h1-2,5,8,10H,3-4,6-7H2,(H,14,16,18)/t10-/m0/s1. The smallest absolute Gasteiger partial charge is 0.249 e. The Morgan fingerprint density at radius 1 is 1.42 bits per heavy atom. The number of carbonyl (C=O) groups is 3. The summed E-state index contributed by atoms with van der Waals surface area (Å²) in [5, 5.41) is 4.20. The quantitative estimate of drug-likeness (QED) is 0.824. The van der Waals surface area contributed by atoms with Gasteiger partial charge in [-0.2, -0.15) is 0 Å². The van der Waals surface area contributed by atoms with Crippen molar-refractivity contribution in [2.24, 2.45) is 0 Å². The first-order chi connectivity index (χ1) is 9.15. The third-order valence-electron chi connectivity index (χ3n) is 3.41. The zero-order valence-electron chi connectivity index (χ0n) is 10.3. The second kappa shape index (κ2) is 4.77. The van der Waals surface area contributed by atoms with Crippen molar-refractivity contribution >= 4 is 29.1 Å². The van der Waals surface area contributed by atoms with E-state index < -0.39 is 6.04 Å². The number of imide groups is 1. The molecule has 0 radical (unpaired) electrons. The first-order valence-electron chi connectivity index (χ1n) is 6.32. The van der Waals surface area contributed by atoms with Crippen LogP contribution in [0.4, 0.5) is 0 Å². The molecule has 0 aromatic carbocycles. The van der Waals surface area contributed by atoms with Gasteiger partial charge in [0.25, 0.3) is 0 Å². The van der Waals surface area contributed by atoms with Crippen LogP contribution < -0.4 is 5.32 Å². The van der Waals surface area contributed by atoms with Gasteiger partial charge in [-0.15, -0.1) is 11.3 Å². The monoisotopic (exact) mass is 278 g/mol. The molecule has 2 fully saturated rings. The Bertz CT molecular complexity index is 522. The van der Waals surface area contributed by atoms with E-state index in [1.807, 2.05) is 17.5 Å². The van der Waals surface area contributed by atoms with Crippen molar-refractivity contribution in [3.8, 4) is 0 Å². The second-order valence-corrected chi connectivity index (χ2v) is 5.95. The van der Waals surface area contributed by atoms with Crippen LogP contribution in [0, 0.1) is 0 Å². The zero-order chi connectivity index (χ0) is 13.4. The molecule has 5 nitrogen and oxygen atoms in total. The van der Waals surface area contributed by atoms with E-state index in [9.17, 15) is 14.4 Å². The fourth-order valence-electron chi connectivity index (χ4n) is 2.40. The van der Waals surface area contributed by atoms with Crippen molar-refractivity contribution in [1.29, 1.82) is 0 Å². The van der Waals surface area contributed by atoms with Crippen LogP contribution in [0.2, 0.25) is 0 Å². The number of thiophene rings is 1. The Morgan fingerprint density at radius 3 is 2.74 bits per heavy atom. The number of nitrogens with zero attached hydrogens (tertiary/aromatic N) is 1. The predicted octanol–water partition coefficient (Wildman–Crippen LogP) is 0.697. The first-order valence-corrected chi connectivity index (χ1v) is 7.20. The molecule has 2 aliphatic rings. The maximum Gasteiger partial charge on any atom is 0.249 e. The summed E-state index contributed by atoms with van der Waals surface area (Å²) in [6.45, 7) is 0. The largest absolute Gasteiger partial charge is 0.327 e. The van der Waals surface area contributed by atoms with E-state index in [4.69, 9.17) is 0 Å². The van der Waals surface area contributed by atoms with Crippen LogP contribution in [0.5, 0.6) is 0 Å². The lowest BCUT2D eigenvalue weighted by Gasteiger charge is -2.26. The lowest BCUT2D eigenvalue weighted by atomic mass is 10.1. The van der Waals surface area contributed by atoms with Gasteiger partial charge in [-0.1, -0.05) is 6.07 Å². The average Bonchev–Trinajstić information content (AvgIpc) is 2.94. The van der Waals surface area contributed by atoms with Gasteiger partial charge in [0.2, 0.25) is 17.7 Å². The van der Waals surface area contributed by atoms with E-state index in [0.29, 0.717) is 6.42 Å². The van der Waals surface area contributed by atoms with Gasteiger partial charge in [0, 0.05) is 10.9 Å². The molecule has 1 aromatic heterocycles. The molecular weight excluding hydrogens is 264 g/mol. The maximum absolute atomic E-state index is 12.4. The van der Waals surface area contributed by atoms with Crippen LogP contribution in [-0.2, 0) is 20.8 Å². The Hall–Kier alpha value is -1.69. The van der Waals surface area contributed by atoms with Gasteiger partial charge in [0.1, 0.15) is 6.04 Å². The van der Waals surface area contributed by atoms with Gasteiger partial charge < -0.3 is 4.90 Å². The van der Waals surface area contributed by atoms with Crippen molar-refractivity contribution in [2.45, 2.75) is 37.8 Å². The molecule has 19 heavy (non-hydrogen) atoms. The van der Waals surface area contributed by atoms with Crippen molar-refractivity contribution in [3.05, 3.63) is 22.4 Å². The minimum absolute atomic E-state index is 0.0557. The van der Waals surface area contributed by atoms with E-state index in [2.05, 4.69) is 5.32 Å². The number of hydrogen-bond acceptors (Lipinski definition) is 4. The topological polar surface area (TPSA) is 66.5 Å². The number of hydrogen-bond donors (Lipinski definition) is 1. The van der Waals surface area contributed by atoms with Gasteiger partial charge in [-0.25, -0.2) is 0 Å². The van der Waals surface area contributed by atoms with Gasteiger partial charge in [-0.3, -0.25) is 19.7 Å². The lowest BCUT2D eigenvalue weighted by Crippen LogP contribution is -2.46. The molecule has 6 heteroatoms. The highest BCUT2D eigenvalue weighted by Crippen LogP contribution is 2.31. The number of carbonyl (C=O) groups excluding carboxylic acids is 3. The summed E-state index contributed by atoms with van der Waals surface area (Å²) in [6, 6.07) is 3.34. The summed E-state index contributed by atoms with van der Waals surface area (Å²) in [5.74, 6) is -0.680. The van der Waals surface area contributed by atoms with Gasteiger partial charge in [0.05, 0.1) is 12.8 Å². The Kier molecular flexibility index (Phi) is 3.10. The summed E-state index contributed by atoms with van der Waals surface area (Å²) in [4.78, 5) is 38.0. The molecule has 3 amide bonds. The second-order valence-electron chi connectivity index (χ2n) is 4.92. The predicted molar refractivity (Wildman–Crippen MR) is 69.4 cm³/mol. The Balaban J connectivity index is 1.75. The summed E-state index contributed by atoms with van der Waals surface area (Å²) in [5.41, 5.74) is 0. The van der Waals surface area contributed by atoms with Gasteiger partial charge >= 0.3 is 0 Å². The molecule has 0 spiro atoms. The zero-order valence-corrected chi connectivity index (χ0v) is 11.1. The van der Waals surface area contributed by atoms with Crippen LogP contribution in [0.3, 0.4) is 0 Å². The van der Waals surface area contributed by atoms with E-state index in [0.717, 1.165) is 17.7 Å². The highest BCUT2D eigenvalue weighted by molar-refractivity contribution is 7.10. The number of rotatable bonds is 4. The SMILES string of the molecule is O=C1C[C@H](N(C(=O)Cc2cccs2)C2CC2)C(=O)N1. The molecule has 1 aliphatic carbocycles. The highest BCUT2D eigenvalue weighted by atomic mass is 32.1. The summed E-state index contributed by atoms with van der Waals surface area (Å²) >= 11 is 1.53. The molecule has 1 aliphatic heterocycles. The van der Waals surface area contributed by atoms with E-state index >= 15 is 0 Å². The minimum atomic E-state index is -0.604. The van der Waals surface area contributed by atoms with Crippen LogP contribution >= 0.6 is 11.3 Å². The maximum atomic E-state index is 12.4. The fraction of sp³-hybridized carbons (Fsp3) is 0.462. The molecule has 2 heterocycles. The Morgan fingerprint density at radius 2 is 2.21 bits per heavy atom. The van der Waals surface area contributed by atoms with Gasteiger partial charge in [0.15, 0.2) is 0 Å². The fourth-order valence-corrected chi connectivity index (χ4v) is 3.10. The average molecular weight is 278 g/mol. The summed E-state index contributed by atoms with van der Waals surface area (Å²) < 4.78 is 0. The van der Waals surface area contributed by atoms with Crippen LogP contribution in [0.15, 0.2) is 17.5 Å². The van der Waals surface area contributed by atoms with E-state index in [1.165, 1.54) is 11.3 Å². The normalized spacial score (nSPS) is 22.4. The van der Waals surface area contributed by atoms with Crippen LogP contribution in [-0.4, -0.2) is 34.7 Å². The molecule has 3 rings (SSSR count). The first kappa shape index (κ1) is 12.3. The molecule has 1 saturated carbocycles. The van der Waals surface area contributed by atoms with Gasteiger partial charge in [-0.05, 0) is 24.3 Å². The summed E-state index contributed by atoms with van der Waals surface area (Å²) in [6.07, 6.45) is 2.26. The van der Waals surface area contributed by atoms with Crippen LogP contribution in [0.1, 0.15) is 24.1 Å². The molecule has 0 unspecified atom stereocenters. The molecule has 1 saturated heterocycles. The molecule has 1 N–H and O–H groups in total. The van der Waals surface area contributed by atoms with Crippen molar-refractivity contribution in [3.63, 3.8) is 0 Å². The third kappa shape index (κ3) is 2.53. The van der Waals surface area contributed by atoms with E-state index in [-0.39, 0.29) is 30.2 Å². The lowest BCUT2D eigenvalue weighted by molar-refractivity contribution is -0.139. The summed E-state index contributed by atoms with van der Waals surface area (Å²) in [7, 11) is 0. The van der Waals surface area contributed by atoms with Crippen LogP contribution in [0.25, 0.3) is 0 Å². The molecule has 1 atom stereocenters. The van der Waals surface area contributed by atoms with Crippen molar-refractivity contribution in [2.75, 3.05) is 0 Å². The number of nitrogens with one attached hydrogen (secondary N) is 1. The third-order valence-corrected chi connectivity index (χ3v) is 4.29. The Labute approximate surface area is 114 Å². The minimum Gasteiger partial charge on any atom is -0.327 e. The van der Waals surface area contributed by atoms with Crippen molar-refractivity contribution in [1.82, 2.24) is 10.2 Å². The molecule has 1 aromatic rings. The molecule has 0 bridgehead atoms. The highest BCUT2D eigenvalue weighted by Gasteiger charge is 2.44. The van der Waals surface area contributed by atoms with Crippen molar-refractivity contribution < 1.29 is 14.4 Å². The van der Waals surface area contributed by atoms with E-state index in [1.54, 1.807) is 4.90 Å². The molecular formula is C13H14N2O3S. The molecule has 100 valence electrons. The number of amides is 3.